The third-order valence-electron chi connectivity index (χ3n) is 3.66. The highest BCUT2D eigenvalue weighted by Crippen LogP contribution is 2.22. The molecule has 2 amide bonds. The van der Waals surface area contributed by atoms with Crippen LogP contribution in [-0.2, 0) is 0 Å². The number of halogens is 1. The fourth-order valence-corrected chi connectivity index (χ4v) is 3.02. The summed E-state index contributed by atoms with van der Waals surface area (Å²) in [7, 11) is 0. The maximum absolute atomic E-state index is 12.5. The number of anilines is 1. The van der Waals surface area contributed by atoms with E-state index >= 15 is 0 Å². The lowest BCUT2D eigenvalue weighted by molar-refractivity contribution is 0.250. The van der Waals surface area contributed by atoms with Crippen LogP contribution in [0.3, 0.4) is 0 Å². The van der Waals surface area contributed by atoms with Gasteiger partial charge in [-0.05, 0) is 45.9 Å². The third kappa shape index (κ3) is 4.14. The van der Waals surface area contributed by atoms with E-state index in [9.17, 15) is 4.79 Å². The van der Waals surface area contributed by atoms with Crippen LogP contribution in [0.15, 0.2) is 84.9 Å². The molecule has 4 heteroatoms. The number of urea groups is 1. The third-order valence-corrected chi connectivity index (χ3v) is 4.60. The number of carbonyl (C=O) groups excluding carboxylic acids is 1. The van der Waals surface area contributed by atoms with E-state index in [1.54, 1.807) is 0 Å². The van der Waals surface area contributed by atoms with Crippen LogP contribution in [0.25, 0.3) is 0 Å². The van der Waals surface area contributed by atoms with Crippen LogP contribution in [0.4, 0.5) is 10.5 Å². The number of carbonyl (C=O) groups is 1. The largest absolute Gasteiger partial charge is 0.327 e. The Labute approximate surface area is 155 Å². The average molecular weight is 428 g/mol. The summed E-state index contributed by atoms with van der Waals surface area (Å²) >= 11 is 2.21. The van der Waals surface area contributed by atoms with Crippen LogP contribution >= 0.6 is 22.6 Å². The number of rotatable bonds is 4. The zero-order chi connectivity index (χ0) is 16.8. The molecular weight excluding hydrogens is 411 g/mol. The van der Waals surface area contributed by atoms with E-state index < -0.39 is 0 Å². The number of nitrogens with one attached hydrogen (secondary N) is 2. The highest BCUT2D eigenvalue weighted by Gasteiger charge is 2.16. The van der Waals surface area contributed by atoms with Crippen molar-refractivity contribution in [2.45, 2.75) is 6.04 Å². The molecular formula is C20H17IN2O. The second kappa shape index (κ2) is 7.97. The Bertz CT molecular complexity index is 767. The molecule has 0 spiro atoms. The Kier molecular flexibility index (Phi) is 5.48. The molecule has 3 nitrogen and oxygen atoms in total. The van der Waals surface area contributed by atoms with Crippen molar-refractivity contribution in [2.24, 2.45) is 0 Å². The minimum absolute atomic E-state index is 0.200. The molecule has 3 aromatic rings. The molecule has 0 aliphatic carbocycles. The normalized spacial score (nSPS) is 10.4. The Morgan fingerprint density at radius 2 is 1.25 bits per heavy atom. The summed E-state index contributed by atoms with van der Waals surface area (Å²) in [5.74, 6) is 0. The van der Waals surface area contributed by atoms with Gasteiger partial charge in [-0.15, -0.1) is 0 Å². The summed E-state index contributed by atoms with van der Waals surface area (Å²) in [6.07, 6.45) is 0. The van der Waals surface area contributed by atoms with E-state index in [0.29, 0.717) is 0 Å². The van der Waals surface area contributed by atoms with Gasteiger partial charge in [0.05, 0.1) is 11.7 Å². The van der Waals surface area contributed by atoms with Gasteiger partial charge in [0.2, 0.25) is 0 Å². The molecule has 0 saturated heterocycles. The summed E-state index contributed by atoms with van der Waals surface area (Å²) in [6.45, 7) is 0. The quantitative estimate of drug-likeness (QED) is 0.551. The van der Waals surface area contributed by atoms with Gasteiger partial charge in [0.15, 0.2) is 0 Å². The van der Waals surface area contributed by atoms with Crippen LogP contribution in [0, 0.1) is 3.57 Å². The lowest BCUT2D eigenvalue weighted by Gasteiger charge is -2.20. The first kappa shape index (κ1) is 16.5. The lowest BCUT2D eigenvalue weighted by atomic mass is 9.99. The van der Waals surface area contributed by atoms with Crippen molar-refractivity contribution >= 4 is 34.3 Å². The number of para-hydroxylation sites is 1. The molecule has 0 heterocycles. The second-order valence-corrected chi connectivity index (χ2v) is 6.49. The van der Waals surface area contributed by atoms with Crippen molar-refractivity contribution in [2.75, 3.05) is 5.32 Å². The van der Waals surface area contributed by atoms with Crippen LogP contribution in [-0.4, -0.2) is 6.03 Å². The first-order valence-corrected chi connectivity index (χ1v) is 8.74. The fraction of sp³-hybridized carbons (Fsp3) is 0.0500. The van der Waals surface area contributed by atoms with E-state index in [1.807, 2.05) is 84.9 Å². The van der Waals surface area contributed by atoms with Crippen molar-refractivity contribution in [1.29, 1.82) is 0 Å². The van der Waals surface area contributed by atoms with Gasteiger partial charge in [-0.2, -0.15) is 0 Å². The molecule has 0 unspecified atom stereocenters. The number of amides is 2. The van der Waals surface area contributed by atoms with Crippen LogP contribution in [0.2, 0.25) is 0 Å². The number of hydrogen-bond donors (Lipinski definition) is 2. The van der Waals surface area contributed by atoms with Gasteiger partial charge in [0.25, 0.3) is 0 Å². The molecule has 0 atom stereocenters. The monoisotopic (exact) mass is 428 g/mol. The molecule has 0 aliphatic rings. The van der Waals surface area contributed by atoms with Crippen molar-refractivity contribution in [3.05, 3.63) is 99.6 Å². The molecule has 3 aromatic carbocycles. The smallest absolute Gasteiger partial charge is 0.320 e. The summed E-state index contributed by atoms with van der Waals surface area (Å²) in [4.78, 5) is 12.5. The summed E-state index contributed by atoms with van der Waals surface area (Å²) < 4.78 is 1.00. The maximum Gasteiger partial charge on any atom is 0.320 e. The molecule has 0 radical (unpaired) electrons. The Hall–Kier alpha value is -2.34. The van der Waals surface area contributed by atoms with Crippen LogP contribution in [0.1, 0.15) is 17.2 Å². The minimum Gasteiger partial charge on any atom is -0.327 e. The van der Waals surface area contributed by atoms with Gasteiger partial charge in [-0.1, -0.05) is 72.8 Å². The standard InChI is InChI=1S/C20H17IN2O/c21-17-13-7-8-14-18(17)22-20(24)23-19(15-9-3-1-4-10-15)16-11-5-2-6-12-16/h1-14,19H,(H2,22,23,24). The van der Waals surface area contributed by atoms with Crippen molar-refractivity contribution in [1.82, 2.24) is 5.32 Å². The lowest BCUT2D eigenvalue weighted by Crippen LogP contribution is -2.33. The summed E-state index contributed by atoms with van der Waals surface area (Å²) in [5, 5.41) is 5.99. The topological polar surface area (TPSA) is 41.1 Å². The SMILES string of the molecule is O=C(Nc1ccccc1I)NC(c1ccccc1)c1ccccc1. The molecule has 3 rings (SSSR count). The molecule has 24 heavy (non-hydrogen) atoms. The van der Waals surface area contributed by atoms with Gasteiger partial charge in [0, 0.05) is 3.57 Å². The molecule has 0 saturated carbocycles. The molecule has 0 aromatic heterocycles. The van der Waals surface area contributed by atoms with E-state index in [2.05, 4.69) is 33.2 Å². The highest BCUT2D eigenvalue weighted by molar-refractivity contribution is 14.1. The maximum atomic E-state index is 12.5. The van der Waals surface area contributed by atoms with E-state index in [4.69, 9.17) is 0 Å². The van der Waals surface area contributed by atoms with Gasteiger partial charge in [-0.3, -0.25) is 0 Å². The molecule has 0 fully saturated rings. The minimum atomic E-state index is -0.225. The zero-order valence-electron chi connectivity index (χ0n) is 12.9. The highest BCUT2D eigenvalue weighted by atomic mass is 127. The van der Waals surface area contributed by atoms with Gasteiger partial charge >= 0.3 is 6.03 Å². The molecule has 2 N–H and O–H groups in total. The predicted molar refractivity (Wildman–Crippen MR) is 106 cm³/mol. The zero-order valence-corrected chi connectivity index (χ0v) is 15.1. The fourth-order valence-electron chi connectivity index (χ4n) is 2.50. The van der Waals surface area contributed by atoms with Crippen molar-refractivity contribution in [3.8, 4) is 0 Å². The summed E-state index contributed by atoms with van der Waals surface area (Å²) in [6, 6.07) is 27.2. The predicted octanol–water partition coefficient (Wildman–Crippen LogP) is 5.20. The number of hydrogen-bond acceptors (Lipinski definition) is 1. The Balaban J connectivity index is 1.82. The first-order valence-electron chi connectivity index (χ1n) is 7.66. The van der Waals surface area contributed by atoms with E-state index in [1.165, 1.54) is 0 Å². The van der Waals surface area contributed by atoms with Gasteiger partial charge < -0.3 is 10.6 Å². The Morgan fingerprint density at radius 3 is 1.79 bits per heavy atom. The Morgan fingerprint density at radius 1 is 0.750 bits per heavy atom. The molecule has 0 bridgehead atoms. The first-order chi connectivity index (χ1) is 11.7. The molecule has 120 valence electrons. The molecule has 0 aliphatic heterocycles. The summed E-state index contributed by atoms with van der Waals surface area (Å²) in [5.41, 5.74) is 2.89. The second-order valence-electron chi connectivity index (χ2n) is 5.33. The van der Waals surface area contributed by atoms with Crippen LogP contribution < -0.4 is 10.6 Å². The average Bonchev–Trinajstić information content (AvgIpc) is 2.63. The van der Waals surface area contributed by atoms with Gasteiger partial charge in [-0.25, -0.2) is 4.79 Å². The van der Waals surface area contributed by atoms with E-state index in [0.717, 1.165) is 20.4 Å². The number of benzene rings is 3. The van der Waals surface area contributed by atoms with E-state index in [-0.39, 0.29) is 12.1 Å². The van der Waals surface area contributed by atoms with Crippen molar-refractivity contribution < 1.29 is 4.79 Å². The van der Waals surface area contributed by atoms with Gasteiger partial charge in [0.1, 0.15) is 0 Å². The van der Waals surface area contributed by atoms with Crippen molar-refractivity contribution in [3.63, 3.8) is 0 Å². The van der Waals surface area contributed by atoms with Crippen LogP contribution in [0.5, 0.6) is 0 Å².